The van der Waals surface area contributed by atoms with E-state index in [1.165, 1.54) is 11.6 Å². The van der Waals surface area contributed by atoms with E-state index in [1.807, 2.05) is 50.3 Å². The van der Waals surface area contributed by atoms with Crippen molar-refractivity contribution in [2.24, 2.45) is 0 Å². The fraction of sp³-hybridized carbons (Fsp3) is 0.412. The van der Waals surface area contributed by atoms with Crippen molar-refractivity contribution < 1.29 is 18.7 Å². The number of allylic oxidation sites excluding steroid dienone is 2. The summed E-state index contributed by atoms with van der Waals surface area (Å²) < 4.78 is 22.6. The van der Waals surface area contributed by atoms with Gasteiger partial charge in [0.05, 0.1) is 13.2 Å². The Morgan fingerprint density at radius 3 is 2.27 bits per heavy atom. The van der Waals surface area contributed by atoms with E-state index < -0.39 is 13.4 Å². The normalized spacial score (nSPS) is 14.5. The Morgan fingerprint density at radius 1 is 1.23 bits per heavy atom. The van der Waals surface area contributed by atoms with E-state index in [1.54, 1.807) is 13.8 Å². The number of benzene rings is 1. The molecule has 122 valence electrons. The van der Waals surface area contributed by atoms with E-state index in [-0.39, 0.29) is 13.2 Å². The molecule has 0 aromatic heterocycles. The van der Waals surface area contributed by atoms with Crippen molar-refractivity contribution in [3.8, 4) is 0 Å². The maximum atomic E-state index is 12.4. The highest BCUT2D eigenvalue weighted by molar-refractivity contribution is 7.54. The molecule has 0 saturated heterocycles. The van der Waals surface area contributed by atoms with Crippen molar-refractivity contribution in [2.45, 2.75) is 33.5 Å². The topological polar surface area (TPSA) is 55.8 Å². The van der Waals surface area contributed by atoms with Gasteiger partial charge in [0.1, 0.15) is 0 Å². The fourth-order valence-electron chi connectivity index (χ4n) is 1.84. The zero-order valence-electron chi connectivity index (χ0n) is 13.7. The van der Waals surface area contributed by atoms with Gasteiger partial charge in [0.2, 0.25) is 0 Å². The summed E-state index contributed by atoms with van der Waals surface area (Å²) in [7, 11) is -3.52. The first-order valence-corrected chi connectivity index (χ1v) is 9.02. The van der Waals surface area contributed by atoms with Gasteiger partial charge in [0.15, 0.2) is 5.85 Å². The molecule has 1 atom stereocenters. The van der Waals surface area contributed by atoms with Crippen molar-refractivity contribution in [1.29, 1.82) is 0 Å². The largest absolute Gasteiger partial charge is 0.377 e. The molecule has 1 unspecified atom stereocenters. The molecule has 0 heterocycles. The molecule has 0 aliphatic heterocycles. The predicted molar refractivity (Wildman–Crippen MR) is 90.8 cm³/mol. The highest BCUT2D eigenvalue weighted by atomic mass is 31.2. The Kier molecular flexibility index (Phi) is 7.77. The maximum Gasteiger partial charge on any atom is 0.362 e. The van der Waals surface area contributed by atoms with Crippen molar-refractivity contribution in [3.05, 3.63) is 53.1 Å². The van der Waals surface area contributed by atoms with Gasteiger partial charge in [-0.15, -0.1) is 0 Å². The lowest BCUT2D eigenvalue weighted by molar-refractivity contribution is 0.168. The van der Waals surface area contributed by atoms with Crippen LogP contribution in [0.5, 0.6) is 0 Å². The van der Waals surface area contributed by atoms with E-state index in [0.717, 1.165) is 11.1 Å². The quantitative estimate of drug-likeness (QED) is 0.563. The van der Waals surface area contributed by atoms with E-state index in [2.05, 4.69) is 0 Å². The van der Waals surface area contributed by atoms with Crippen LogP contribution in [0.15, 0.2) is 42.0 Å². The Hall–Kier alpha value is -1.19. The highest BCUT2D eigenvalue weighted by Crippen LogP contribution is 2.52. The van der Waals surface area contributed by atoms with Crippen LogP contribution in [0.4, 0.5) is 0 Å². The standard InChI is InChI=1S/C17H25O4P/c1-5-20-22(19,21-6-2)17(18)13-15(4)9-12-16-10-7-14(3)8-11-16/h7-13,17-18H,5-6H2,1-4H3/b12-9+,15-13+. The van der Waals surface area contributed by atoms with Gasteiger partial charge >= 0.3 is 7.60 Å². The molecule has 1 aromatic rings. The van der Waals surface area contributed by atoms with Crippen LogP contribution in [0.2, 0.25) is 0 Å². The lowest BCUT2D eigenvalue weighted by Gasteiger charge is -2.20. The second-order valence-corrected chi connectivity index (χ2v) is 7.07. The molecule has 0 radical (unpaired) electrons. The second-order valence-electron chi connectivity index (χ2n) is 4.94. The van der Waals surface area contributed by atoms with E-state index in [9.17, 15) is 9.67 Å². The van der Waals surface area contributed by atoms with Gasteiger partial charge < -0.3 is 14.2 Å². The SMILES string of the molecule is CCOP(=O)(OCC)C(O)/C=C(C)/C=C/c1ccc(C)cc1. The maximum absolute atomic E-state index is 12.4. The van der Waals surface area contributed by atoms with Crippen molar-refractivity contribution in [3.63, 3.8) is 0 Å². The summed E-state index contributed by atoms with van der Waals surface area (Å²) in [4.78, 5) is 0. The van der Waals surface area contributed by atoms with Gasteiger partial charge in [-0.1, -0.05) is 47.6 Å². The van der Waals surface area contributed by atoms with Crippen molar-refractivity contribution >= 4 is 13.7 Å². The Bertz CT molecular complexity index is 551. The second kappa shape index (κ2) is 9.06. The van der Waals surface area contributed by atoms with Gasteiger partial charge in [-0.3, -0.25) is 4.57 Å². The molecule has 0 saturated carbocycles. The van der Waals surface area contributed by atoms with Crippen LogP contribution in [-0.2, 0) is 13.6 Å². The van der Waals surface area contributed by atoms with Crippen LogP contribution in [0.25, 0.3) is 6.08 Å². The summed E-state index contributed by atoms with van der Waals surface area (Å²) in [6.45, 7) is 7.74. The van der Waals surface area contributed by atoms with E-state index >= 15 is 0 Å². The number of aryl methyl sites for hydroxylation is 1. The molecule has 0 aliphatic rings. The smallest absolute Gasteiger partial charge is 0.362 e. The minimum atomic E-state index is -3.52. The Morgan fingerprint density at radius 2 is 1.77 bits per heavy atom. The molecular weight excluding hydrogens is 299 g/mol. The van der Waals surface area contributed by atoms with Crippen LogP contribution < -0.4 is 0 Å². The highest BCUT2D eigenvalue weighted by Gasteiger charge is 2.32. The van der Waals surface area contributed by atoms with Gasteiger partial charge in [-0.2, -0.15) is 0 Å². The lowest BCUT2D eigenvalue weighted by Crippen LogP contribution is -2.10. The number of rotatable bonds is 8. The van der Waals surface area contributed by atoms with Gasteiger partial charge in [0.25, 0.3) is 0 Å². The molecular formula is C17H25O4P. The summed E-state index contributed by atoms with van der Waals surface area (Å²) in [6.07, 6.45) is 5.29. The van der Waals surface area contributed by atoms with Crippen molar-refractivity contribution in [1.82, 2.24) is 0 Å². The van der Waals surface area contributed by atoms with E-state index in [0.29, 0.717) is 0 Å². The molecule has 0 bridgehead atoms. The summed E-state index contributed by atoms with van der Waals surface area (Å²) in [5, 5.41) is 10.1. The first-order valence-electron chi connectivity index (χ1n) is 7.41. The molecule has 0 spiro atoms. The van der Waals surface area contributed by atoms with Crippen LogP contribution >= 0.6 is 7.60 Å². The number of hydrogen-bond donors (Lipinski definition) is 1. The average Bonchev–Trinajstić information content (AvgIpc) is 2.47. The lowest BCUT2D eigenvalue weighted by atomic mass is 10.1. The molecule has 22 heavy (non-hydrogen) atoms. The van der Waals surface area contributed by atoms with Crippen LogP contribution in [-0.4, -0.2) is 24.2 Å². The zero-order chi connectivity index (χ0) is 16.6. The van der Waals surface area contributed by atoms with E-state index in [4.69, 9.17) is 9.05 Å². The predicted octanol–water partition coefficient (Wildman–Crippen LogP) is 4.54. The zero-order valence-corrected chi connectivity index (χ0v) is 14.5. The first-order chi connectivity index (χ1) is 10.4. The summed E-state index contributed by atoms with van der Waals surface area (Å²) in [5.74, 6) is -1.27. The van der Waals surface area contributed by atoms with Crippen LogP contribution in [0, 0.1) is 6.92 Å². The van der Waals surface area contributed by atoms with Crippen molar-refractivity contribution in [2.75, 3.05) is 13.2 Å². The average molecular weight is 324 g/mol. The third-order valence-electron chi connectivity index (χ3n) is 2.97. The van der Waals surface area contributed by atoms with Crippen LogP contribution in [0.3, 0.4) is 0 Å². The molecule has 1 aromatic carbocycles. The molecule has 1 rings (SSSR count). The molecule has 0 aliphatic carbocycles. The van der Waals surface area contributed by atoms with Crippen LogP contribution in [0.1, 0.15) is 31.9 Å². The molecule has 0 amide bonds. The Balaban J connectivity index is 2.81. The third-order valence-corrected chi connectivity index (χ3v) is 5.00. The fourth-order valence-corrected chi connectivity index (χ4v) is 3.35. The molecule has 4 nitrogen and oxygen atoms in total. The first kappa shape index (κ1) is 18.9. The monoisotopic (exact) mass is 324 g/mol. The minimum Gasteiger partial charge on any atom is -0.377 e. The third kappa shape index (κ3) is 5.90. The molecule has 1 N–H and O–H groups in total. The number of aliphatic hydroxyl groups is 1. The molecule has 5 heteroatoms. The number of aliphatic hydroxyl groups excluding tert-OH is 1. The number of hydrogen-bond acceptors (Lipinski definition) is 4. The molecule has 0 fully saturated rings. The van der Waals surface area contributed by atoms with Gasteiger partial charge in [-0.05, 0) is 39.3 Å². The summed E-state index contributed by atoms with van der Waals surface area (Å²) in [5.41, 5.74) is 3.05. The van der Waals surface area contributed by atoms with Gasteiger partial charge in [0, 0.05) is 0 Å². The minimum absolute atomic E-state index is 0.223. The summed E-state index contributed by atoms with van der Waals surface area (Å²) >= 11 is 0. The Labute approximate surface area is 133 Å². The van der Waals surface area contributed by atoms with Gasteiger partial charge in [-0.25, -0.2) is 0 Å². The summed E-state index contributed by atoms with van der Waals surface area (Å²) in [6, 6.07) is 8.10.